The minimum Gasteiger partial charge on any atom is -0.505 e. The summed E-state index contributed by atoms with van der Waals surface area (Å²) in [7, 11) is 1.87. The highest BCUT2D eigenvalue weighted by Crippen LogP contribution is 2.44. The fraction of sp³-hybridized carbons (Fsp3) is 0.265. The SMILES string of the molecule is CC.Cc1cc(-c2nc(C(CNC(=O)c3ccc4nc(C(F)(F)F)[nH]c4c3)c3ccccc3)cc(C3CN3C)c2O)c(F)cc1F. The average molecular weight is 638 g/mol. The number of carbonyl (C=O) groups is 1. The molecule has 0 saturated carbocycles. The number of benzene rings is 3. The highest BCUT2D eigenvalue weighted by molar-refractivity contribution is 5.97. The van der Waals surface area contributed by atoms with Crippen molar-refractivity contribution in [3.8, 4) is 17.0 Å². The molecule has 1 amide bonds. The highest BCUT2D eigenvalue weighted by Gasteiger charge is 2.37. The summed E-state index contributed by atoms with van der Waals surface area (Å²) in [5.41, 5.74) is 2.03. The molecule has 0 spiro atoms. The van der Waals surface area contributed by atoms with Gasteiger partial charge in [0.2, 0.25) is 5.82 Å². The monoisotopic (exact) mass is 637 g/mol. The van der Waals surface area contributed by atoms with Gasteiger partial charge in [0, 0.05) is 41.8 Å². The van der Waals surface area contributed by atoms with Gasteiger partial charge in [0.15, 0.2) is 0 Å². The number of aromatic hydroxyl groups is 1. The lowest BCUT2D eigenvalue weighted by Gasteiger charge is -2.21. The third-order valence-corrected chi connectivity index (χ3v) is 7.80. The van der Waals surface area contributed by atoms with Gasteiger partial charge >= 0.3 is 6.18 Å². The van der Waals surface area contributed by atoms with Crippen molar-refractivity contribution in [1.82, 2.24) is 25.2 Å². The molecule has 1 aliphatic heterocycles. The molecule has 2 aromatic heterocycles. The zero-order valence-electron chi connectivity index (χ0n) is 25.5. The van der Waals surface area contributed by atoms with Crippen LogP contribution < -0.4 is 5.32 Å². The molecule has 5 aromatic rings. The number of nitrogens with one attached hydrogen (secondary N) is 2. The van der Waals surface area contributed by atoms with E-state index in [0.29, 0.717) is 17.8 Å². The summed E-state index contributed by atoms with van der Waals surface area (Å²) < 4.78 is 68.5. The fourth-order valence-corrected chi connectivity index (χ4v) is 5.26. The van der Waals surface area contributed by atoms with E-state index in [1.807, 2.05) is 56.1 Å². The van der Waals surface area contributed by atoms with Crippen LogP contribution in [0.5, 0.6) is 5.75 Å². The van der Waals surface area contributed by atoms with Crippen LogP contribution in [0.15, 0.2) is 66.7 Å². The number of hydrogen-bond donors (Lipinski definition) is 3. The summed E-state index contributed by atoms with van der Waals surface area (Å²) in [6, 6.07) is 16.8. The normalized spacial score (nSPS) is 16.5. The van der Waals surface area contributed by atoms with Gasteiger partial charge < -0.3 is 15.4 Å². The van der Waals surface area contributed by atoms with E-state index in [9.17, 15) is 27.5 Å². The quantitative estimate of drug-likeness (QED) is 0.127. The Hall–Kier alpha value is -4.84. The van der Waals surface area contributed by atoms with Gasteiger partial charge in [0.1, 0.15) is 23.1 Å². The van der Waals surface area contributed by atoms with Gasteiger partial charge in [-0.3, -0.25) is 9.69 Å². The lowest BCUT2D eigenvalue weighted by Crippen LogP contribution is -2.29. The van der Waals surface area contributed by atoms with Crippen LogP contribution in [0.2, 0.25) is 0 Å². The first kappa shape index (κ1) is 32.6. The molecule has 3 aromatic carbocycles. The van der Waals surface area contributed by atoms with Crippen molar-refractivity contribution in [3.05, 3.63) is 112 Å². The summed E-state index contributed by atoms with van der Waals surface area (Å²) in [4.78, 5) is 25.6. The molecule has 3 heterocycles. The van der Waals surface area contributed by atoms with Crippen molar-refractivity contribution in [2.45, 2.75) is 38.9 Å². The molecular formula is C34H32F5N5O2. The van der Waals surface area contributed by atoms with Crippen LogP contribution in [-0.4, -0.2) is 51.0 Å². The molecule has 3 N–H and O–H groups in total. The fourth-order valence-electron chi connectivity index (χ4n) is 5.26. The first-order valence-electron chi connectivity index (χ1n) is 14.7. The van der Waals surface area contributed by atoms with E-state index in [1.54, 1.807) is 6.07 Å². The number of halogens is 5. The zero-order valence-corrected chi connectivity index (χ0v) is 25.5. The Morgan fingerprint density at radius 1 is 1.04 bits per heavy atom. The topological polar surface area (TPSA) is 93.9 Å². The second kappa shape index (κ2) is 12.9. The second-order valence-electron chi connectivity index (χ2n) is 10.9. The van der Waals surface area contributed by atoms with Crippen molar-refractivity contribution < 1.29 is 31.9 Å². The number of likely N-dealkylation sites (N-methyl/N-ethyl adjacent to an activating group) is 1. The highest BCUT2D eigenvalue weighted by atomic mass is 19.4. The van der Waals surface area contributed by atoms with E-state index < -0.39 is 35.5 Å². The van der Waals surface area contributed by atoms with E-state index in [2.05, 4.69) is 20.3 Å². The van der Waals surface area contributed by atoms with Gasteiger partial charge in [-0.05, 0) is 55.4 Å². The number of aromatic amines is 1. The number of aryl methyl sites for hydroxylation is 1. The number of H-pyrrole nitrogens is 1. The van der Waals surface area contributed by atoms with Gasteiger partial charge in [0.05, 0.1) is 22.8 Å². The molecule has 1 saturated heterocycles. The Bertz CT molecular complexity index is 1890. The van der Waals surface area contributed by atoms with Crippen molar-refractivity contribution in [3.63, 3.8) is 0 Å². The second-order valence-corrected chi connectivity index (χ2v) is 10.9. The largest absolute Gasteiger partial charge is 0.505 e. The number of aromatic nitrogens is 3. The maximum atomic E-state index is 15.1. The first-order chi connectivity index (χ1) is 21.9. The molecule has 0 aliphatic carbocycles. The van der Waals surface area contributed by atoms with Gasteiger partial charge in [0.25, 0.3) is 5.91 Å². The Morgan fingerprint density at radius 3 is 2.39 bits per heavy atom. The Morgan fingerprint density at radius 2 is 1.74 bits per heavy atom. The van der Waals surface area contributed by atoms with Crippen LogP contribution in [0.25, 0.3) is 22.3 Å². The molecule has 6 rings (SSSR count). The van der Waals surface area contributed by atoms with Gasteiger partial charge in [-0.2, -0.15) is 13.2 Å². The van der Waals surface area contributed by atoms with Crippen LogP contribution in [-0.2, 0) is 6.18 Å². The van der Waals surface area contributed by atoms with E-state index in [0.717, 1.165) is 11.6 Å². The zero-order chi connectivity index (χ0) is 33.3. The van der Waals surface area contributed by atoms with E-state index in [-0.39, 0.29) is 51.8 Å². The van der Waals surface area contributed by atoms with Crippen LogP contribution in [0, 0.1) is 18.6 Å². The number of amides is 1. The molecule has 7 nitrogen and oxygen atoms in total. The lowest BCUT2D eigenvalue weighted by atomic mass is 9.92. The molecule has 1 aliphatic rings. The number of rotatable bonds is 7. The third-order valence-electron chi connectivity index (χ3n) is 7.80. The van der Waals surface area contributed by atoms with Crippen molar-refractivity contribution in [2.75, 3.05) is 20.1 Å². The Labute approximate surface area is 262 Å². The summed E-state index contributed by atoms with van der Waals surface area (Å²) in [5.74, 6) is -4.09. The first-order valence-corrected chi connectivity index (χ1v) is 14.7. The van der Waals surface area contributed by atoms with Crippen LogP contribution in [0.3, 0.4) is 0 Å². The van der Waals surface area contributed by atoms with Crippen LogP contribution in [0.4, 0.5) is 22.0 Å². The number of fused-ring (bicyclic) bond motifs is 1. The number of imidazole rings is 1. The lowest BCUT2D eigenvalue weighted by molar-refractivity contribution is -0.144. The molecular weight excluding hydrogens is 605 g/mol. The summed E-state index contributed by atoms with van der Waals surface area (Å²) >= 11 is 0. The maximum absolute atomic E-state index is 15.1. The molecule has 12 heteroatoms. The van der Waals surface area contributed by atoms with Crippen molar-refractivity contribution in [2.24, 2.45) is 0 Å². The molecule has 3 unspecified atom stereocenters. The smallest absolute Gasteiger partial charge is 0.449 e. The maximum Gasteiger partial charge on any atom is 0.449 e. The number of alkyl halides is 3. The Balaban J connectivity index is 0.00000204. The Kier molecular flexibility index (Phi) is 9.11. The predicted molar refractivity (Wildman–Crippen MR) is 164 cm³/mol. The summed E-state index contributed by atoms with van der Waals surface area (Å²) in [6.07, 6.45) is -4.66. The number of carbonyl (C=O) groups excluding carboxylic acids is 1. The number of hydrogen-bond acceptors (Lipinski definition) is 5. The van der Waals surface area contributed by atoms with Gasteiger partial charge in [-0.25, -0.2) is 18.7 Å². The van der Waals surface area contributed by atoms with Crippen molar-refractivity contribution >= 4 is 16.9 Å². The van der Waals surface area contributed by atoms with E-state index >= 15 is 4.39 Å². The minimum absolute atomic E-state index is 0.0136. The van der Waals surface area contributed by atoms with Crippen LogP contribution in [0.1, 0.15) is 64.4 Å². The average Bonchev–Trinajstić information content (AvgIpc) is 3.59. The summed E-state index contributed by atoms with van der Waals surface area (Å²) in [6.45, 7) is 6.15. The van der Waals surface area contributed by atoms with E-state index in [4.69, 9.17) is 0 Å². The van der Waals surface area contributed by atoms with Gasteiger partial charge in [-0.15, -0.1) is 0 Å². The molecule has 0 radical (unpaired) electrons. The number of nitrogens with zero attached hydrogens (tertiary/aromatic N) is 3. The molecule has 3 atom stereocenters. The molecule has 240 valence electrons. The van der Waals surface area contributed by atoms with Gasteiger partial charge in [-0.1, -0.05) is 44.2 Å². The van der Waals surface area contributed by atoms with E-state index in [1.165, 1.54) is 31.2 Å². The standard InChI is InChI=1S/C32H26F5N5O2.C2H6/c1-16-10-19(23(34)13-22(16)33)28-29(43)20(27-15-42(27)2)12-25(39-28)21(17-6-4-3-5-7-17)14-38-30(44)18-8-9-24-26(11-18)41-31(40-24)32(35,36)37;1-2/h3-13,21,27,43H,14-15H2,1-2H3,(H,38,44)(H,40,41);1-2H3. The minimum atomic E-state index is -4.66. The van der Waals surface area contributed by atoms with Crippen LogP contribution >= 0.6 is 0 Å². The third kappa shape index (κ3) is 6.57. The summed E-state index contributed by atoms with van der Waals surface area (Å²) in [5, 5.41) is 14.1. The predicted octanol–water partition coefficient (Wildman–Crippen LogP) is 7.51. The molecule has 46 heavy (non-hydrogen) atoms. The van der Waals surface area contributed by atoms with Crippen molar-refractivity contribution in [1.29, 1.82) is 0 Å². The molecule has 1 fully saturated rings. The molecule has 0 bridgehead atoms. The number of pyridine rings is 1.